The monoisotopic (exact) mass is 269 g/mol. The second-order valence-electron chi connectivity index (χ2n) is 6.15. The van der Waals surface area contributed by atoms with E-state index in [0.717, 1.165) is 24.6 Å². The molecule has 0 saturated carbocycles. The van der Waals surface area contributed by atoms with Crippen molar-refractivity contribution in [3.63, 3.8) is 0 Å². The van der Waals surface area contributed by atoms with Crippen LogP contribution in [-0.4, -0.2) is 9.97 Å². The van der Waals surface area contributed by atoms with E-state index in [9.17, 15) is 0 Å². The maximum absolute atomic E-state index is 4.38. The van der Waals surface area contributed by atoms with E-state index in [1.165, 1.54) is 11.1 Å². The fraction of sp³-hybridized carbons (Fsp3) is 0.412. The number of benzene rings is 1. The van der Waals surface area contributed by atoms with E-state index in [0.29, 0.717) is 0 Å². The lowest BCUT2D eigenvalue weighted by atomic mass is 9.87. The topological polar surface area (TPSA) is 37.8 Å². The molecule has 1 heterocycles. The Morgan fingerprint density at radius 3 is 2.30 bits per heavy atom. The number of rotatable bonds is 4. The van der Waals surface area contributed by atoms with E-state index in [1.807, 2.05) is 13.0 Å². The van der Waals surface area contributed by atoms with E-state index in [2.05, 4.69) is 60.3 Å². The second kappa shape index (κ2) is 6.14. The van der Waals surface area contributed by atoms with E-state index in [-0.39, 0.29) is 5.41 Å². The summed E-state index contributed by atoms with van der Waals surface area (Å²) < 4.78 is 0. The highest BCUT2D eigenvalue weighted by Crippen LogP contribution is 2.22. The molecule has 0 aliphatic carbocycles. The number of nitrogens with one attached hydrogen (secondary N) is 1. The predicted octanol–water partition coefficient (Wildman–Crippen LogP) is 3.37. The zero-order valence-electron chi connectivity index (χ0n) is 12.8. The van der Waals surface area contributed by atoms with Gasteiger partial charge in [-0.3, -0.25) is 0 Å². The Bertz CT molecular complexity index is 553. The standard InChI is InChI=1S/C17H23N3/c1-13-19-10-9-16(20-13)12-18-11-14-5-7-15(8-6-14)17(2,3)4/h5-10,18H,11-12H2,1-4H3. The smallest absolute Gasteiger partial charge is 0.125 e. The van der Waals surface area contributed by atoms with Crippen molar-refractivity contribution >= 4 is 0 Å². The van der Waals surface area contributed by atoms with Crippen LogP contribution < -0.4 is 5.32 Å². The highest BCUT2D eigenvalue weighted by molar-refractivity contribution is 5.27. The molecular formula is C17H23N3. The van der Waals surface area contributed by atoms with Gasteiger partial charge >= 0.3 is 0 Å². The Morgan fingerprint density at radius 2 is 1.70 bits per heavy atom. The molecule has 106 valence electrons. The first-order valence-corrected chi connectivity index (χ1v) is 7.04. The van der Waals surface area contributed by atoms with Crippen LogP contribution in [0.4, 0.5) is 0 Å². The lowest BCUT2D eigenvalue weighted by Gasteiger charge is -2.19. The van der Waals surface area contributed by atoms with Gasteiger partial charge in [-0.15, -0.1) is 0 Å². The predicted molar refractivity (Wildman–Crippen MR) is 82.5 cm³/mol. The van der Waals surface area contributed by atoms with Crippen molar-refractivity contribution in [3.05, 3.63) is 59.2 Å². The van der Waals surface area contributed by atoms with Gasteiger partial charge in [0.1, 0.15) is 5.82 Å². The van der Waals surface area contributed by atoms with Gasteiger partial charge in [0.05, 0.1) is 5.69 Å². The first-order chi connectivity index (χ1) is 9.45. The molecule has 2 aromatic rings. The van der Waals surface area contributed by atoms with Crippen molar-refractivity contribution in [1.29, 1.82) is 0 Å². The van der Waals surface area contributed by atoms with E-state index < -0.39 is 0 Å². The van der Waals surface area contributed by atoms with Gasteiger partial charge in [-0.05, 0) is 29.5 Å². The normalized spacial score (nSPS) is 11.6. The Morgan fingerprint density at radius 1 is 1.00 bits per heavy atom. The quantitative estimate of drug-likeness (QED) is 0.924. The molecule has 1 aromatic heterocycles. The molecule has 0 bridgehead atoms. The molecule has 0 fully saturated rings. The number of hydrogen-bond donors (Lipinski definition) is 1. The van der Waals surface area contributed by atoms with Crippen molar-refractivity contribution in [2.24, 2.45) is 0 Å². The van der Waals surface area contributed by atoms with Crippen LogP contribution in [-0.2, 0) is 18.5 Å². The van der Waals surface area contributed by atoms with Gasteiger partial charge < -0.3 is 5.32 Å². The maximum atomic E-state index is 4.38. The lowest BCUT2D eigenvalue weighted by Crippen LogP contribution is -2.15. The average molecular weight is 269 g/mol. The second-order valence-corrected chi connectivity index (χ2v) is 6.15. The summed E-state index contributed by atoms with van der Waals surface area (Å²) in [7, 11) is 0. The summed E-state index contributed by atoms with van der Waals surface area (Å²) >= 11 is 0. The molecule has 0 saturated heterocycles. The zero-order valence-corrected chi connectivity index (χ0v) is 12.8. The van der Waals surface area contributed by atoms with Crippen molar-refractivity contribution in [3.8, 4) is 0 Å². The molecule has 0 aliphatic rings. The van der Waals surface area contributed by atoms with Crippen molar-refractivity contribution in [2.45, 2.75) is 46.2 Å². The fourth-order valence-corrected chi connectivity index (χ4v) is 2.06. The lowest BCUT2D eigenvalue weighted by molar-refractivity contribution is 0.589. The van der Waals surface area contributed by atoms with Crippen molar-refractivity contribution in [2.75, 3.05) is 0 Å². The molecule has 2 rings (SSSR count). The molecule has 20 heavy (non-hydrogen) atoms. The van der Waals surface area contributed by atoms with E-state index >= 15 is 0 Å². The molecule has 0 aliphatic heterocycles. The highest BCUT2D eigenvalue weighted by atomic mass is 14.9. The van der Waals surface area contributed by atoms with Gasteiger partial charge in [-0.25, -0.2) is 9.97 Å². The van der Waals surface area contributed by atoms with E-state index in [4.69, 9.17) is 0 Å². The summed E-state index contributed by atoms with van der Waals surface area (Å²) in [4.78, 5) is 8.48. The summed E-state index contributed by atoms with van der Waals surface area (Å²) in [5, 5.41) is 3.41. The minimum absolute atomic E-state index is 0.213. The van der Waals surface area contributed by atoms with Crippen LogP contribution >= 0.6 is 0 Å². The minimum atomic E-state index is 0.213. The summed E-state index contributed by atoms with van der Waals surface area (Å²) in [6, 6.07) is 10.8. The summed E-state index contributed by atoms with van der Waals surface area (Å²) in [6.07, 6.45) is 1.80. The first-order valence-electron chi connectivity index (χ1n) is 7.04. The van der Waals surface area contributed by atoms with Gasteiger partial charge in [0, 0.05) is 19.3 Å². The van der Waals surface area contributed by atoms with Gasteiger partial charge in [-0.1, -0.05) is 45.0 Å². The van der Waals surface area contributed by atoms with Crippen LogP contribution in [0.5, 0.6) is 0 Å². The Hall–Kier alpha value is -1.74. The third-order valence-corrected chi connectivity index (χ3v) is 3.29. The Balaban J connectivity index is 1.88. The molecule has 0 unspecified atom stereocenters. The molecule has 1 aromatic carbocycles. The SMILES string of the molecule is Cc1nccc(CNCc2ccc(C(C)(C)C)cc2)n1. The molecule has 3 nitrogen and oxygen atoms in total. The highest BCUT2D eigenvalue weighted by Gasteiger charge is 2.12. The third kappa shape index (κ3) is 4.14. The number of aromatic nitrogens is 2. The van der Waals surface area contributed by atoms with Crippen LogP contribution in [0, 0.1) is 6.92 Å². The van der Waals surface area contributed by atoms with Crippen LogP contribution in [0.2, 0.25) is 0 Å². The first kappa shape index (κ1) is 14.7. The number of aryl methyl sites for hydroxylation is 1. The van der Waals surface area contributed by atoms with E-state index in [1.54, 1.807) is 6.20 Å². The molecule has 0 spiro atoms. The fourth-order valence-electron chi connectivity index (χ4n) is 2.06. The van der Waals surface area contributed by atoms with Crippen LogP contribution in [0.15, 0.2) is 36.5 Å². The molecule has 0 radical (unpaired) electrons. The molecule has 3 heteroatoms. The van der Waals surface area contributed by atoms with Gasteiger partial charge in [0.15, 0.2) is 0 Å². The van der Waals surface area contributed by atoms with Crippen LogP contribution in [0.3, 0.4) is 0 Å². The summed E-state index contributed by atoms with van der Waals surface area (Å²) in [5.41, 5.74) is 3.91. The van der Waals surface area contributed by atoms with Gasteiger partial charge in [0.2, 0.25) is 0 Å². The van der Waals surface area contributed by atoms with Crippen LogP contribution in [0.25, 0.3) is 0 Å². The largest absolute Gasteiger partial charge is 0.307 e. The zero-order chi connectivity index (χ0) is 14.6. The molecule has 0 atom stereocenters. The van der Waals surface area contributed by atoms with Gasteiger partial charge in [-0.2, -0.15) is 0 Å². The molecular weight excluding hydrogens is 246 g/mol. The third-order valence-electron chi connectivity index (χ3n) is 3.29. The van der Waals surface area contributed by atoms with Crippen molar-refractivity contribution in [1.82, 2.24) is 15.3 Å². The maximum Gasteiger partial charge on any atom is 0.125 e. The van der Waals surface area contributed by atoms with Crippen molar-refractivity contribution < 1.29 is 0 Å². The summed E-state index contributed by atoms with van der Waals surface area (Å²) in [5.74, 6) is 0.818. The number of hydrogen-bond acceptors (Lipinski definition) is 3. The van der Waals surface area contributed by atoms with Crippen LogP contribution in [0.1, 0.15) is 43.4 Å². The van der Waals surface area contributed by atoms with Gasteiger partial charge in [0.25, 0.3) is 0 Å². The average Bonchev–Trinajstić information content (AvgIpc) is 2.38. The molecule has 0 amide bonds. The summed E-state index contributed by atoms with van der Waals surface area (Å²) in [6.45, 7) is 10.2. The minimum Gasteiger partial charge on any atom is -0.307 e. The Kier molecular flexibility index (Phi) is 4.50. The number of nitrogens with zero attached hydrogens (tertiary/aromatic N) is 2. The molecule has 1 N–H and O–H groups in total. The Labute approximate surface area is 121 Å².